The average Bonchev–Trinajstić information content (AvgIpc) is 1.87. The van der Waals surface area contributed by atoms with Crippen LogP contribution in [0, 0.1) is 0 Å². The summed E-state index contributed by atoms with van der Waals surface area (Å²) >= 11 is 0. The smallest absolute Gasteiger partial charge is 0.119 e. The molecule has 0 rings (SSSR count). The van der Waals surface area contributed by atoms with Crippen LogP contribution in [0.1, 0.15) is 20.3 Å². The predicted octanol–water partition coefficient (Wildman–Crippen LogP) is 0.582. The van der Waals surface area contributed by atoms with Gasteiger partial charge in [0.15, 0.2) is 0 Å². The van der Waals surface area contributed by atoms with E-state index in [-0.39, 0.29) is 18.8 Å². The number of hydrogen-bond acceptors (Lipinski definition) is 3. The van der Waals surface area contributed by atoms with E-state index in [4.69, 9.17) is 15.3 Å². The number of rotatable bonds is 3. The Kier molecular flexibility index (Phi) is 4.07. The fourth-order valence-electron chi connectivity index (χ4n) is 0.592. The second-order valence-electron chi connectivity index (χ2n) is 2.41. The van der Waals surface area contributed by atoms with Gasteiger partial charge in [0, 0.05) is 13.0 Å². The van der Waals surface area contributed by atoms with Crippen LogP contribution >= 0.6 is 0 Å². The quantitative estimate of drug-likeness (QED) is 0.510. The van der Waals surface area contributed by atoms with E-state index in [1.807, 2.05) is 0 Å². The maximum atomic E-state index is 9.04. The SMILES string of the molecule is CC(C)=C(O)[C@H](O)CCO. The third kappa shape index (κ3) is 2.85. The molecule has 3 N–H and O–H groups in total. The molecule has 0 fully saturated rings. The van der Waals surface area contributed by atoms with Crippen LogP contribution in [0.3, 0.4) is 0 Å². The van der Waals surface area contributed by atoms with Crippen LogP contribution in [-0.4, -0.2) is 28.0 Å². The van der Waals surface area contributed by atoms with Crippen molar-refractivity contribution in [1.29, 1.82) is 0 Å². The summed E-state index contributed by atoms with van der Waals surface area (Å²) in [6.45, 7) is 3.30. The van der Waals surface area contributed by atoms with Gasteiger partial charge in [-0.1, -0.05) is 0 Å². The maximum absolute atomic E-state index is 9.04. The first kappa shape index (κ1) is 9.46. The molecule has 1 atom stereocenters. The van der Waals surface area contributed by atoms with E-state index in [2.05, 4.69) is 0 Å². The standard InChI is InChI=1S/C7H14O3/c1-5(2)7(10)6(9)3-4-8/h6,8-10H,3-4H2,1-2H3/t6-/m1/s1. The van der Waals surface area contributed by atoms with Crippen LogP contribution in [0.5, 0.6) is 0 Å². The molecule has 3 nitrogen and oxygen atoms in total. The van der Waals surface area contributed by atoms with Crippen molar-refractivity contribution in [2.75, 3.05) is 6.61 Å². The molecule has 0 aromatic rings. The molecule has 0 saturated heterocycles. The molecule has 0 spiro atoms. The van der Waals surface area contributed by atoms with E-state index >= 15 is 0 Å². The lowest BCUT2D eigenvalue weighted by atomic mass is 10.1. The molecule has 0 aromatic carbocycles. The number of hydrogen-bond donors (Lipinski definition) is 3. The van der Waals surface area contributed by atoms with Crippen molar-refractivity contribution in [3.05, 3.63) is 11.3 Å². The van der Waals surface area contributed by atoms with Gasteiger partial charge in [-0.05, 0) is 19.4 Å². The lowest BCUT2D eigenvalue weighted by Gasteiger charge is -2.08. The second-order valence-corrected chi connectivity index (χ2v) is 2.41. The maximum Gasteiger partial charge on any atom is 0.119 e. The summed E-state index contributed by atoms with van der Waals surface area (Å²) in [6.07, 6.45) is -0.716. The monoisotopic (exact) mass is 146 g/mol. The highest BCUT2D eigenvalue weighted by Crippen LogP contribution is 2.07. The summed E-state index contributed by atoms with van der Waals surface area (Å²) < 4.78 is 0. The van der Waals surface area contributed by atoms with Gasteiger partial charge in [-0.3, -0.25) is 0 Å². The first-order valence-corrected chi connectivity index (χ1v) is 3.24. The van der Waals surface area contributed by atoms with Crippen LogP contribution in [0.25, 0.3) is 0 Å². The first-order valence-electron chi connectivity index (χ1n) is 3.24. The topological polar surface area (TPSA) is 60.7 Å². The molecule has 0 aliphatic rings. The van der Waals surface area contributed by atoms with E-state index in [0.717, 1.165) is 0 Å². The lowest BCUT2D eigenvalue weighted by Crippen LogP contribution is -2.12. The summed E-state index contributed by atoms with van der Waals surface area (Å²) in [6, 6.07) is 0. The van der Waals surface area contributed by atoms with Crippen LogP contribution < -0.4 is 0 Å². The van der Waals surface area contributed by atoms with Gasteiger partial charge in [0.1, 0.15) is 11.9 Å². The molecular weight excluding hydrogens is 132 g/mol. The number of aliphatic hydroxyl groups is 3. The molecular formula is C7H14O3. The summed E-state index contributed by atoms with van der Waals surface area (Å²) in [4.78, 5) is 0. The van der Waals surface area contributed by atoms with Crippen molar-refractivity contribution in [3.8, 4) is 0 Å². The van der Waals surface area contributed by atoms with E-state index < -0.39 is 6.10 Å². The lowest BCUT2D eigenvalue weighted by molar-refractivity contribution is 0.118. The summed E-state index contributed by atoms with van der Waals surface area (Å²) in [5.41, 5.74) is 0.681. The molecule has 60 valence electrons. The molecule has 3 heteroatoms. The molecule has 0 bridgehead atoms. The molecule has 0 saturated carbocycles. The van der Waals surface area contributed by atoms with Crippen molar-refractivity contribution >= 4 is 0 Å². The fourth-order valence-corrected chi connectivity index (χ4v) is 0.592. The zero-order chi connectivity index (χ0) is 8.15. The molecule has 10 heavy (non-hydrogen) atoms. The molecule has 0 aliphatic heterocycles. The summed E-state index contributed by atoms with van der Waals surface area (Å²) in [5, 5.41) is 26.4. The third-order valence-corrected chi connectivity index (χ3v) is 1.23. The molecule has 0 heterocycles. The largest absolute Gasteiger partial charge is 0.510 e. The van der Waals surface area contributed by atoms with E-state index in [0.29, 0.717) is 5.57 Å². The molecule has 0 aromatic heterocycles. The van der Waals surface area contributed by atoms with Gasteiger partial charge < -0.3 is 15.3 Å². The Bertz CT molecular complexity index is 125. The first-order chi connectivity index (χ1) is 4.59. The Hall–Kier alpha value is -0.540. The highest BCUT2D eigenvalue weighted by atomic mass is 16.3. The zero-order valence-electron chi connectivity index (χ0n) is 6.33. The van der Waals surface area contributed by atoms with Gasteiger partial charge in [-0.25, -0.2) is 0 Å². The second kappa shape index (κ2) is 4.30. The Morgan fingerprint density at radius 1 is 1.40 bits per heavy atom. The fraction of sp³-hybridized carbons (Fsp3) is 0.714. The minimum Gasteiger partial charge on any atom is -0.510 e. The van der Waals surface area contributed by atoms with Crippen LogP contribution in [0.4, 0.5) is 0 Å². The van der Waals surface area contributed by atoms with Crippen molar-refractivity contribution in [3.63, 3.8) is 0 Å². The van der Waals surface area contributed by atoms with Crippen molar-refractivity contribution in [1.82, 2.24) is 0 Å². The minimum atomic E-state index is -0.907. The predicted molar refractivity (Wildman–Crippen MR) is 38.7 cm³/mol. The van der Waals surface area contributed by atoms with Gasteiger partial charge in [-0.2, -0.15) is 0 Å². The Morgan fingerprint density at radius 3 is 2.20 bits per heavy atom. The molecule has 0 unspecified atom stereocenters. The molecule has 0 aliphatic carbocycles. The van der Waals surface area contributed by atoms with E-state index in [9.17, 15) is 0 Å². The van der Waals surface area contributed by atoms with Gasteiger partial charge in [0.2, 0.25) is 0 Å². The van der Waals surface area contributed by atoms with Crippen molar-refractivity contribution < 1.29 is 15.3 Å². The average molecular weight is 146 g/mol. The Morgan fingerprint density at radius 2 is 1.90 bits per heavy atom. The Balaban J connectivity index is 3.94. The Labute approximate surface area is 60.6 Å². The molecule has 0 radical (unpaired) electrons. The van der Waals surface area contributed by atoms with Gasteiger partial charge in [-0.15, -0.1) is 0 Å². The highest BCUT2D eigenvalue weighted by Gasteiger charge is 2.08. The van der Waals surface area contributed by atoms with Crippen LogP contribution in [0.2, 0.25) is 0 Å². The van der Waals surface area contributed by atoms with Gasteiger partial charge in [0.25, 0.3) is 0 Å². The van der Waals surface area contributed by atoms with E-state index in [1.165, 1.54) is 0 Å². The van der Waals surface area contributed by atoms with Crippen molar-refractivity contribution in [2.24, 2.45) is 0 Å². The highest BCUT2D eigenvalue weighted by molar-refractivity contribution is 5.05. The number of allylic oxidation sites excluding steroid dienone is 1. The van der Waals surface area contributed by atoms with Gasteiger partial charge >= 0.3 is 0 Å². The van der Waals surface area contributed by atoms with Crippen LogP contribution in [-0.2, 0) is 0 Å². The normalized spacial score (nSPS) is 12.8. The van der Waals surface area contributed by atoms with E-state index in [1.54, 1.807) is 13.8 Å². The zero-order valence-corrected chi connectivity index (χ0v) is 6.33. The van der Waals surface area contributed by atoms with Crippen LogP contribution in [0.15, 0.2) is 11.3 Å². The third-order valence-electron chi connectivity index (χ3n) is 1.23. The number of aliphatic hydroxyl groups excluding tert-OH is 3. The van der Waals surface area contributed by atoms with Gasteiger partial charge in [0.05, 0.1) is 0 Å². The summed E-state index contributed by atoms with van der Waals surface area (Å²) in [7, 11) is 0. The van der Waals surface area contributed by atoms with Crippen molar-refractivity contribution in [2.45, 2.75) is 26.4 Å². The summed E-state index contributed by atoms with van der Waals surface area (Å²) in [5.74, 6) is -0.0333. The molecule has 0 amide bonds. The minimum absolute atomic E-state index is 0.0333.